The van der Waals surface area contributed by atoms with Crippen molar-refractivity contribution in [3.8, 4) is 5.88 Å². The van der Waals surface area contributed by atoms with E-state index >= 15 is 0 Å². The van der Waals surface area contributed by atoms with Crippen molar-refractivity contribution in [2.45, 2.75) is 33.1 Å². The van der Waals surface area contributed by atoms with E-state index in [4.69, 9.17) is 4.74 Å². The van der Waals surface area contributed by atoms with Crippen LogP contribution < -0.4 is 4.74 Å². The highest BCUT2D eigenvalue weighted by atomic mass is 16.5. The average molecular weight is 179 g/mol. The minimum Gasteiger partial charge on any atom is -0.478 e. The molecule has 0 radical (unpaired) electrons. The van der Waals surface area contributed by atoms with Crippen molar-refractivity contribution < 1.29 is 4.74 Å². The normalized spacial score (nSPS) is 10.5. The summed E-state index contributed by atoms with van der Waals surface area (Å²) in [6.45, 7) is 7.17. The van der Waals surface area contributed by atoms with Gasteiger partial charge in [-0.15, -0.1) is 0 Å². The largest absolute Gasteiger partial charge is 0.478 e. The molecule has 1 heterocycles. The molecule has 0 aliphatic carbocycles. The molecule has 0 saturated heterocycles. The zero-order valence-corrected chi connectivity index (χ0v) is 8.58. The van der Waals surface area contributed by atoms with Gasteiger partial charge in [0.2, 0.25) is 5.88 Å². The molecule has 0 saturated carbocycles. The van der Waals surface area contributed by atoms with Gasteiger partial charge in [0.1, 0.15) is 0 Å². The summed E-state index contributed by atoms with van der Waals surface area (Å²) in [5.74, 6) is 1.28. The number of ether oxygens (including phenoxy) is 1. The van der Waals surface area contributed by atoms with Crippen LogP contribution in [0.25, 0.3) is 0 Å². The van der Waals surface area contributed by atoms with Gasteiger partial charge in [0, 0.05) is 12.3 Å². The van der Waals surface area contributed by atoms with Crippen LogP contribution >= 0.6 is 0 Å². The van der Waals surface area contributed by atoms with Gasteiger partial charge >= 0.3 is 0 Å². The van der Waals surface area contributed by atoms with Crippen molar-refractivity contribution in [1.29, 1.82) is 0 Å². The van der Waals surface area contributed by atoms with Crippen molar-refractivity contribution >= 4 is 0 Å². The van der Waals surface area contributed by atoms with E-state index < -0.39 is 0 Å². The molecule has 13 heavy (non-hydrogen) atoms. The fourth-order valence-electron chi connectivity index (χ4n) is 1.07. The summed E-state index contributed by atoms with van der Waals surface area (Å²) in [5.41, 5.74) is 1.28. The maximum absolute atomic E-state index is 5.43. The van der Waals surface area contributed by atoms with Crippen molar-refractivity contribution in [3.63, 3.8) is 0 Å². The Kier molecular flexibility index (Phi) is 3.74. The molecule has 0 fully saturated rings. The first-order valence-electron chi connectivity index (χ1n) is 4.82. The lowest BCUT2D eigenvalue weighted by molar-refractivity contribution is 0.305. The second kappa shape index (κ2) is 4.85. The van der Waals surface area contributed by atoms with Crippen LogP contribution in [0, 0.1) is 0 Å². The smallest absolute Gasteiger partial charge is 0.213 e. The van der Waals surface area contributed by atoms with Crippen molar-refractivity contribution in [2.24, 2.45) is 0 Å². The summed E-state index contributed by atoms with van der Waals surface area (Å²) in [4.78, 5) is 4.14. The van der Waals surface area contributed by atoms with Crippen molar-refractivity contribution in [2.75, 3.05) is 6.61 Å². The number of nitrogens with zero attached hydrogens (tertiary/aromatic N) is 1. The van der Waals surface area contributed by atoms with E-state index in [1.165, 1.54) is 5.56 Å². The first-order valence-corrected chi connectivity index (χ1v) is 4.82. The monoisotopic (exact) mass is 179 g/mol. The number of pyridine rings is 1. The molecule has 0 aliphatic heterocycles. The van der Waals surface area contributed by atoms with E-state index in [0.29, 0.717) is 5.92 Å². The fourth-order valence-corrected chi connectivity index (χ4v) is 1.07. The molecule has 0 N–H and O–H groups in total. The predicted molar refractivity (Wildman–Crippen MR) is 54.1 cm³/mol. The van der Waals surface area contributed by atoms with E-state index in [9.17, 15) is 0 Å². The summed E-state index contributed by atoms with van der Waals surface area (Å²) in [6.07, 6.45) is 2.83. The molecule has 0 spiro atoms. The molecule has 0 atom stereocenters. The zero-order valence-electron chi connectivity index (χ0n) is 8.58. The Hall–Kier alpha value is -1.05. The molecule has 2 heteroatoms. The molecule has 0 amide bonds. The summed E-state index contributed by atoms with van der Waals surface area (Å²) in [7, 11) is 0. The Bertz CT molecular complexity index is 258. The van der Waals surface area contributed by atoms with Crippen molar-refractivity contribution in [1.82, 2.24) is 4.98 Å². The van der Waals surface area contributed by atoms with E-state index in [1.807, 2.05) is 12.1 Å². The number of aromatic nitrogens is 1. The van der Waals surface area contributed by atoms with Crippen LogP contribution in [0.1, 0.15) is 38.7 Å². The van der Waals surface area contributed by atoms with Gasteiger partial charge in [0.25, 0.3) is 0 Å². The van der Waals surface area contributed by atoms with Gasteiger partial charge in [-0.05, 0) is 24.0 Å². The molecular formula is C11H17NO. The van der Waals surface area contributed by atoms with Gasteiger partial charge in [-0.2, -0.15) is 0 Å². The van der Waals surface area contributed by atoms with Gasteiger partial charge in [0.05, 0.1) is 6.61 Å². The molecule has 1 rings (SSSR count). The molecule has 0 aromatic carbocycles. The summed E-state index contributed by atoms with van der Waals surface area (Å²) in [6, 6.07) is 4.05. The molecule has 0 bridgehead atoms. The molecule has 1 aromatic heterocycles. The quantitative estimate of drug-likeness (QED) is 0.708. The minimum atomic E-state index is 0.534. The molecule has 0 unspecified atom stereocenters. The molecule has 72 valence electrons. The van der Waals surface area contributed by atoms with Crippen LogP contribution in [0.5, 0.6) is 5.88 Å². The van der Waals surface area contributed by atoms with E-state index in [2.05, 4.69) is 25.8 Å². The predicted octanol–water partition coefficient (Wildman–Crippen LogP) is 2.99. The van der Waals surface area contributed by atoms with Crippen LogP contribution in [0.4, 0.5) is 0 Å². The van der Waals surface area contributed by atoms with Crippen LogP contribution in [-0.4, -0.2) is 11.6 Å². The van der Waals surface area contributed by atoms with Gasteiger partial charge in [-0.3, -0.25) is 0 Å². The Balaban J connectivity index is 2.68. The summed E-state index contributed by atoms with van der Waals surface area (Å²) in [5, 5.41) is 0. The second-order valence-electron chi connectivity index (χ2n) is 3.43. The lowest BCUT2D eigenvalue weighted by Crippen LogP contribution is -1.98. The Morgan fingerprint density at radius 3 is 2.85 bits per heavy atom. The highest BCUT2D eigenvalue weighted by Gasteiger charge is 2.01. The fraction of sp³-hybridized carbons (Fsp3) is 0.545. The first-order chi connectivity index (χ1) is 6.24. The third kappa shape index (κ3) is 3.05. The molecular weight excluding hydrogens is 162 g/mol. The van der Waals surface area contributed by atoms with Gasteiger partial charge < -0.3 is 4.74 Å². The standard InChI is InChI=1S/C11H17NO/c1-4-7-13-11-8-10(9(2)3)5-6-12-11/h5-6,8-9H,4,7H2,1-3H3. The van der Waals surface area contributed by atoms with Crippen LogP contribution in [0.2, 0.25) is 0 Å². The van der Waals surface area contributed by atoms with Crippen LogP contribution in [-0.2, 0) is 0 Å². The average Bonchev–Trinajstić information content (AvgIpc) is 2.15. The minimum absolute atomic E-state index is 0.534. The maximum Gasteiger partial charge on any atom is 0.213 e. The van der Waals surface area contributed by atoms with Gasteiger partial charge in [0.15, 0.2) is 0 Å². The van der Waals surface area contributed by atoms with E-state index in [0.717, 1.165) is 18.9 Å². The van der Waals surface area contributed by atoms with Gasteiger partial charge in [-0.25, -0.2) is 4.98 Å². The highest BCUT2D eigenvalue weighted by molar-refractivity contribution is 5.22. The molecule has 1 aromatic rings. The third-order valence-corrected chi connectivity index (χ3v) is 1.88. The number of hydrogen-bond acceptors (Lipinski definition) is 2. The van der Waals surface area contributed by atoms with Gasteiger partial charge in [-0.1, -0.05) is 20.8 Å². The van der Waals surface area contributed by atoms with Crippen LogP contribution in [0.15, 0.2) is 18.3 Å². The highest BCUT2D eigenvalue weighted by Crippen LogP contribution is 2.17. The zero-order chi connectivity index (χ0) is 9.68. The number of rotatable bonds is 4. The van der Waals surface area contributed by atoms with Crippen LogP contribution in [0.3, 0.4) is 0 Å². The second-order valence-corrected chi connectivity index (χ2v) is 3.43. The summed E-state index contributed by atoms with van der Waals surface area (Å²) < 4.78 is 5.43. The third-order valence-electron chi connectivity index (χ3n) is 1.88. The number of hydrogen-bond donors (Lipinski definition) is 0. The lowest BCUT2D eigenvalue weighted by Gasteiger charge is -2.07. The Morgan fingerprint density at radius 1 is 1.46 bits per heavy atom. The topological polar surface area (TPSA) is 22.1 Å². The molecule has 2 nitrogen and oxygen atoms in total. The molecule has 0 aliphatic rings. The Labute approximate surface area is 80.0 Å². The Morgan fingerprint density at radius 2 is 2.23 bits per heavy atom. The SMILES string of the molecule is CCCOc1cc(C(C)C)ccn1. The van der Waals surface area contributed by atoms with E-state index in [-0.39, 0.29) is 0 Å². The maximum atomic E-state index is 5.43. The lowest BCUT2D eigenvalue weighted by atomic mass is 10.1. The summed E-state index contributed by atoms with van der Waals surface area (Å²) >= 11 is 0. The van der Waals surface area contributed by atoms with E-state index in [1.54, 1.807) is 6.20 Å². The first kappa shape index (κ1) is 10.0. The van der Waals surface area contributed by atoms with Crippen molar-refractivity contribution in [3.05, 3.63) is 23.9 Å².